The molecule has 1 heterocycles. The maximum Gasteiger partial charge on any atom is 0.230 e. The van der Waals surface area contributed by atoms with E-state index in [0.29, 0.717) is 24.0 Å². The first-order valence-electron chi connectivity index (χ1n) is 5.53. The molecule has 0 spiro atoms. The molecule has 0 radical (unpaired) electrons. The molecule has 17 heavy (non-hydrogen) atoms. The van der Waals surface area contributed by atoms with Gasteiger partial charge in [0.25, 0.3) is 0 Å². The average Bonchev–Trinajstić information content (AvgIpc) is 2.25. The lowest BCUT2D eigenvalue weighted by Crippen LogP contribution is -2.27. The van der Waals surface area contributed by atoms with E-state index in [2.05, 4.69) is 15.3 Å². The molecule has 0 saturated carbocycles. The summed E-state index contributed by atoms with van der Waals surface area (Å²) in [6.45, 7) is 5.05. The van der Waals surface area contributed by atoms with E-state index in [1.165, 1.54) is 11.8 Å². The summed E-state index contributed by atoms with van der Waals surface area (Å²) in [5.41, 5.74) is 7.18. The van der Waals surface area contributed by atoms with Gasteiger partial charge in [-0.05, 0) is 32.9 Å². The Balaban J connectivity index is 2.36. The van der Waals surface area contributed by atoms with Crippen molar-refractivity contribution in [3.05, 3.63) is 17.5 Å². The number of hydrogen-bond donors (Lipinski definition) is 2. The van der Waals surface area contributed by atoms with E-state index >= 15 is 0 Å². The van der Waals surface area contributed by atoms with Gasteiger partial charge >= 0.3 is 0 Å². The van der Waals surface area contributed by atoms with Crippen molar-refractivity contribution >= 4 is 17.7 Å². The Kier molecular flexibility index (Phi) is 5.93. The Hall–Kier alpha value is -1.14. The zero-order chi connectivity index (χ0) is 12.7. The molecule has 0 aliphatic rings. The Labute approximate surface area is 106 Å². The Morgan fingerprint density at radius 2 is 2.06 bits per heavy atom. The SMILES string of the molecule is Cc1cc(C)nc(SCC(=O)NCCCN)n1. The highest BCUT2D eigenvalue weighted by Crippen LogP contribution is 2.13. The Morgan fingerprint density at radius 3 is 2.65 bits per heavy atom. The zero-order valence-electron chi connectivity index (χ0n) is 10.2. The number of rotatable bonds is 6. The van der Waals surface area contributed by atoms with Crippen molar-refractivity contribution < 1.29 is 4.79 Å². The minimum atomic E-state index is -0.00814. The fraction of sp³-hybridized carbons (Fsp3) is 0.545. The van der Waals surface area contributed by atoms with Crippen LogP contribution in [0.3, 0.4) is 0 Å². The van der Waals surface area contributed by atoms with Gasteiger partial charge in [0.05, 0.1) is 5.75 Å². The van der Waals surface area contributed by atoms with Gasteiger partial charge in [-0.15, -0.1) is 0 Å². The molecule has 94 valence electrons. The van der Waals surface area contributed by atoms with Crippen molar-refractivity contribution in [2.75, 3.05) is 18.8 Å². The lowest BCUT2D eigenvalue weighted by atomic mass is 10.4. The normalized spacial score (nSPS) is 10.3. The minimum Gasteiger partial charge on any atom is -0.355 e. The molecule has 1 aromatic rings. The van der Waals surface area contributed by atoms with Gasteiger partial charge in [0.1, 0.15) is 0 Å². The van der Waals surface area contributed by atoms with E-state index in [0.717, 1.165) is 17.8 Å². The molecule has 0 bridgehead atoms. The van der Waals surface area contributed by atoms with Gasteiger partial charge in [-0.25, -0.2) is 9.97 Å². The van der Waals surface area contributed by atoms with Crippen molar-refractivity contribution in [1.29, 1.82) is 0 Å². The maximum absolute atomic E-state index is 11.4. The third-order valence-corrected chi connectivity index (χ3v) is 2.84. The predicted octanol–water partition coefficient (Wildman–Crippen LogP) is 0.651. The number of nitrogens with one attached hydrogen (secondary N) is 1. The van der Waals surface area contributed by atoms with Gasteiger partial charge in [0.2, 0.25) is 5.91 Å². The second-order valence-electron chi connectivity index (χ2n) is 3.71. The van der Waals surface area contributed by atoms with Crippen molar-refractivity contribution in [2.24, 2.45) is 5.73 Å². The Morgan fingerprint density at radius 1 is 1.41 bits per heavy atom. The molecule has 0 saturated heterocycles. The standard InChI is InChI=1S/C11H18N4OS/c1-8-6-9(2)15-11(14-8)17-7-10(16)13-5-3-4-12/h6H,3-5,7,12H2,1-2H3,(H,13,16). The summed E-state index contributed by atoms with van der Waals surface area (Å²) in [4.78, 5) is 19.9. The van der Waals surface area contributed by atoms with E-state index in [-0.39, 0.29) is 5.91 Å². The van der Waals surface area contributed by atoms with E-state index in [1.807, 2.05) is 19.9 Å². The number of hydrogen-bond acceptors (Lipinski definition) is 5. The van der Waals surface area contributed by atoms with E-state index in [9.17, 15) is 4.79 Å². The average molecular weight is 254 g/mol. The third-order valence-electron chi connectivity index (χ3n) is 2.00. The molecule has 6 heteroatoms. The van der Waals surface area contributed by atoms with Crippen molar-refractivity contribution in [3.63, 3.8) is 0 Å². The first kappa shape index (κ1) is 13.9. The zero-order valence-corrected chi connectivity index (χ0v) is 11.0. The molecule has 0 atom stereocenters. The number of carbonyl (C=O) groups is 1. The highest BCUT2D eigenvalue weighted by Gasteiger charge is 2.05. The molecular weight excluding hydrogens is 236 g/mol. The molecule has 0 aromatic carbocycles. The van der Waals surface area contributed by atoms with E-state index < -0.39 is 0 Å². The van der Waals surface area contributed by atoms with Crippen LogP contribution in [0.2, 0.25) is 0 Å². The summed E-state index contributed by atoms with van der Waals surface area (Å²) < 4.78 is 0. The fourth-order valence-electron chi connectivity index (χ4n) is 1.27. The van der Waals surface area contributed by atoms with Crippen LogP contribution in [0.1, 0.15) is 17.8 Å². The van der Waals surface area contributed by atoms with Crippen LogP contribution in [-0.2, 0) is 4.79 Å². The molecule has 0 aliphatic carbocycles. The van der Waals surface area contributed by atoms with Crippen LogP contribution < -0.4 is 11.1 Å². The summed E-state index contributed by atoms with van der Waals surface area (Å²) >= 11 is 1.35. The fourth-order valence-corrected chi connectivity index (χ4v) is 2.05. The number of nitrogens with two attached hydrogens (primary N) is 1. The van der Waals surface area contributed by atoms with Crippen LogP contribution in [0, 0.1) is 13.8 Å². The van der Waals surface area contributed by atoms with E-state index in [1.54, 1.807) is 0 Å². The molecule has 1 rings (SSSR count). The summed E-state index contributed by atoms with van der Waals surface area (Å²) in [6.07, 6.45) is 0.802. The van der Waals surface area contributed by atoms with Crippen LogP contribution in [-0.4, -0.2) is 34.7 Å². The number of nitrogens with zero attached hydrogens (tertiary/aromatic N) is 2. The topological polar surface area (TPSA) is 80.9 Å². The summed E-state index contributed by atoms with van der Waals surface area (Å²) in [5, 5.41) is 3.44. The molecule has 3 N–H and O–H groups in total. The highest BCUT2D eigenvalue weighted by molar-refractivity contribution is 7.99. The van der Waals surface area contributed by atoms with Crippen LogP contribution in [0.5, 0.6) is 0 Å². The Bertz CT molecular complexity index is 363. The molecule has 0 fully saturated rings. The molecule has 1 amide bonds. The van der Waals surface area contributed by atoms with Gasteiger partial charge < -0.3 is 11.1 Å². The van der Waals surface area contributed by atoms with Crippen molar-refractivity contribution in [3.8, 4) is 0 Å². The number of aromatic nitrogens is 2. The predicted molar refractivity (Wildman–Crippen MR) is 68.9 cm³/mol. The summed E-state index contributed by atoms with van der Waals surface area (Å²) in [6, 6.07) is 1.91. The van der Waals surface area contributed by atoms with Gasteiger partial charge in [0, 0.05) is 17.9 Å². The molecule has 1 aromatic heterocycles. The van der Waals surface area contributed by atoms with E-state index in [4.69, 9.17) is 5.73 Å². The van der Waals surface area contributed by atoms with Crippen LogP contribution >= 0.6 is 11.8 Å². The number of carbonyl (C=O) groups excluding carboxylic acids is 1. The third kappa shape index (κ3) is 5.65. The monoisotopic (exact) mass is 254 g/mol. The summed E-state index contributed by atoms with van der Waals surface area (Å²) in [7, 11) is 0. The van der Waals surface area contributed by atoms with Crippen LogP contribution in [0.15, 0.2) is 11.2 Å². The maximum atomic E-state index is 11.4. The second kappa shape index (κ2) is 7.24. The number of amides is 1. The van der Waals surface area contributed by atoms with Crippen molar-refractivity contribution in [2.45, 2.75) is 25.4 Å². The van der Waals surface area contributed by atoms with Gasteiger partial charge in [-0.3, -0.25) is 4.79 Å². The lowest BCUT2D eigenvalue weighted by Gasteiger charge is -2.04. The molecule has 5 nitrogen and oxygen atoms in total. The second-order valence-corrected chi connectivity index (χ2v) is 4.66. The van der Waals surface area contributed by atoms with Gasteiger partial charge in [-0.1, -0.05) is 11.8 Å². The quantitative estimate of drug-likeness (QED) is 0.442. The molecule has 0 unspecified atom stereocenters. The minimum absolute atomic E-state index is 0.00814. The van der Waals surface area contributed by atoms with Crippen LogP contribution in [0.4, 0.5) is 0 Å². The largest absolute Gasteiger partial charge is 0.355 e. The van der Waals surface area contributed by atoms with Crippen molar-refractivity contribution in [1.82, 2.24) is 15.3 Å². The van der Waals surface area contributed by atoms with Gasteiger partial charge in [-0.2, -0.15) is 0 Å². The van der Waals surface area contributed by atoms with Crippen LogP contribution in [0.25, 0.3) is 0 Å². The number of aryl methyl sites for hydroxylation is 2. The first-order valence-corrected chi connectivity index (χ1v) is 6.52. The smallest absolute Gasteiger partial charge is 0.230 e. The summed E-state index contributed by atoms with van der Waals surface area (Å²) in [5.74, 6) is 0.333. The lowest BCUT2D eigenvalue weighted by molar-refractivity contribution is -0.118. The molecule has 0 aliphatic heterocycles. The highest BCUT2D eigenvalue weighted by atomic mass is 32.2. The van der Waals surface area contributed by atoms with Gasteiger partial charge in [0.15, 0.2) is 5.16 Å². The molecular formula is C11H18N4OS. The number of thioether (sulfide) groups is 1. The first-order chi connectivity index (χ1) is 8.11.